The molecule has 0 aromatic heterocycles. The molecule has 3 aromatic rings. The Morgan fingerprint density at radius 1 is 0.857 bits per heavy atom. The molecule has 6 heteroatoms. The topological polar surface area (TPSA) is 66.5 Å². The second-order valence-corrected chi connectivity index (χ2v) is 11.6. The molecule has 0 saturated carbocycles. The van der Waals surface area contributed by atoms with Crippen molar-refractivity contribution in [3.8, 4) is 0 Å². The summed E-state index contributed by atoms with van der Waals surface area (Å²) in [5.74, 6) is -0.343. The first-order valence-electron chi connectivity index (χ1n) is 12.2. The van der Waals surface area contributed by atoms with E-state index in [1.165, 1.54) is 28.3 Å². The van der Waals surface area contributed by atoms with E-state index in [1.54, 1.807) is 36.4 Å². The Labute approximate surface area is 209 Å². The van der Waals surface area contributed by atoms with E-state index < -0.39 is 10.0 Å². The van der Waals surface area contributed by atoms with Crippen molar-refractivity contribution in [3.63, 3.8) is 0 Å². The van der Waals surface area contributed by atoms with Crippen LogP contribution in [0, 0.1) is 20.8 Å². The normalized spacial score (nSPS) is 14.2. The van der Waals surface area contributed by atoms with Gasteiger partial charge in [0.15, 0.2) is 0 Å². The minimum Gasteiger partial charge on any atom is -0.348 e. The third-order valence-corrected chi connectivity index (χ3v) is 8.43. The molecule has 3 aromatic carbocycles. The van der Waals surface area contributed by atoms with Crippen molar-refractivity contribution in [2.75, 3.05) is 10.8 Å². The Morgan fingerprint density at radius 2 is 1.49 bits per heavy atom. The minimum absolute atomic E-state index is 0.165. The van der Waals surface area contributed by atoms with Crippen LogP contribution >= 0.6 is 0 Å². The van der Waals surface area contributed by atoms with Crippen molar-refractivity contribution in [2.24, 2.45) is 0 Å². The lowest BCUT2D eigenvalue weighted by atomic mass is 9.89. The molecule has 1 amide bonds. The van der Waals surface area contributed by atoms with Crippen LogP contribution in [-0.2, 0) is 27.7 Å². The van der Waals surface area contributed by atoms with Crippen molar-refractivity contribution in [2.45, 2.75) is 64.3 Å². The summed E-state index contributed by atoms with van der Waals surface area (Å²) in [5, 5.41) is 3.02. The third kappa shape index (κ3) is 5.76. The SMILES string of the molecule is Cc1ccc(S(=O)(=O)N(CC(=O)N[C@@H](C)c2ccc3c(c2)CCCC3)c2cc(C)cc(C)c2)cc1. The van der Waals surface area contributed by atoms with E-state index in [9.17, 15) is 13.2 Å². The summed E-state index contributed by atoms with van der Waals surface area (Å²) in [7, 11) is -3.94. The van der Waals surface area contributed by atoms with Gasteiger partial charge in [-0.05, 0) is 105 Å². The molecule has 1 aliphatic carbocycles. The van der Waals surface area contributed by atoms with Crippen LogP contribution in [0.4, 0.5) is 5.69 Å². The Hall–Kier alpha value is -3.12. The van der Waals surface area contributed by atoms with E-state index >= 15 is 0 Å². The molecule has 0 saturated heterocycles. The van der Waals surface area contributed by atoms with Crippen LogP contribution < -0.4 is 9.62 Å². The van der Waals surface area contributed by atoms with Gasteiger partial charge in [-0.3, -0.25) is 9.10 Å². The molecule has 0 radical (unpaired) electrons. The largest absolute Gasteiger partial charge is 0.348 e. The lowest BCUT2D eigenvalue weighted by Crippen LogP contribution is -2.41. The molecule has 35 heavy (non-hydrogen) atoms. The van der Waals surface area contributed by atoms with Crippen molar-refractivity contribution >= 4 is 21.6 Å². The zero-order valence-corrected chi connectivity index (χ0v) is 21.8. The van der Waals surface area contributed by atoms with Gasteiger partial charge in [-0.15, -0.1) is 0 Å². The first-order valence-corrected chi connectivity index (χ1v) is 13.7. The molecule has 184 valence electrons. The van der Waals surface area contributed by atoms with Gasteiger partial charge in [0.25, 0.3) is 10.0 Å². The first-order chi connectivity index (χ1) is 16.6. The maximum atomic E-state index is 13.7. The maximum absolute atomic E-state index is 13.7. The summed E-state index contributed by atoms with van der Waals surface area (Å²) in [6.45, 7) is 7.40. The van der Waals surface area contributed by atoms with Crippen LogP contribution in [0.15, 0.2) is 65.6 Å². The Balaban J connectivity index is 1.60. The van der Waals surface area contributed by atoms with Gasteiger partial charge in [0.05, 0.1) is 16.6 Å². The fraction of sp³-hybridized carbons (Fsp3) is 0.345. The summed E-state index contributed by atoms with van der Waals surface area (Å²) >= 11 is 0. The number of hydrogen-bond donors (Lipinski definition) is 1. The van der Waals surface area contributed by atoms with E-state index in [-0.39, 0.29) is 23.4 Å². The average Bonchev–Trinajstić information content (AvgIpc) is 2.81. The highest BCUT2D eigenvalue weighted by Crippen LogP contribution is 2.27. The number of nitrogens with one attached hydrogen (secondary N) is 1. The number of nitrogens with zero attached hydrogens (tertiary/aromatic N) is 1. The van der Waals surface area contributed by atoms with Gasteiger partial charge in [-0.2, -0.15) is 0 Å². The van der Waals surface area contributed by atoms with Gasteiger partial charge in [0.2, 0.25) is 5.91 Å². The zero-order chi connectivity index (χ0) is 25.2. The van der Waals surface area contributed by atoms with Gasteiger partial charge in [0.1, 0.15) is 6.54 Å². The summed E-state index contributed by atoms with van der Waals surface area (Å²) < 4.78 is 28.5. The molecule has 0 unspecified atom stereocenters. The zero-order valence-electron chi connectivity index (χ0n) is 21.0. The average molecular weight is 491 g/mol. The highest BCUT2D eigenvalue weighted by Gasteiger charge is 2.28. The summed E-state index contributed by atoms with van der Waals surface area (Å²) in [6.07, 6.45) is 4.60. The Bertz CT molecular complexity index is 1310. The number of aryl methyl sites for hydroxylation is 5. The van der Waals surface area contributed by atoms with Crippen molar-refractivity contribution in [1.29, 1.82) is 0 Å². The molecule has 0 aliphatic heterocycles. The maximum Gasteiger partial charge on any atom is 0.264 e. The molecule has 0 bridgehead atoms. The fourth-order valence-electron chi connectivity index (χ4n) is 4.77. The highest BCUT2D eigenvalue weighted by molar-refractivity contribution is 7.92. The predicted molar refractivity (Wildman–Crippen MR) is 141 cm³/mol. The number of anilines is 1. The van der Waals surface area contributed by atoms with Crippen LogP contribution in [-0.4, -0.2) is 20.9 Å². The van der Waals surface area contributed by atoms with Crippen molar-refractivity contribution in [1.82, 2.24) is 5.32 Å². The van der Waals surface area contributed by atoms with Crippen LogP contribution in [0.2, 0.25) is 0 Å². The van der Waals surface area contributed by atoms with E-state index in [1.807, 2.05) is 33.8 Å². The number of amides is 1. The molecule has 1 N–H and O–H groups in total. The lowest BCUT2D eigenvalue weighted by Gasteiger charge is -2.26. The van der Waals surface area contributed by atoms with Gasteiger partial charge >= 0.3 is 0 Å². The van der Waals surface area contributed by atoms with Crippen LogP contribution in [0.5, 0.6) is 0 Å². The number of carbonyl (C=O) groups excluding carboxylic acids is 1. The number of rotatable bonds is 7. The van der Waals surface area contributed by atoms with E-state index in [2.05, 4.69) is 23.5 Å². The molecule has 4 rings (SSSR count). The van der Waals surface area contributed by atoms with E-state index in [4.69, 9.17) is 0 Å². The lowest BCUT2D eigenvalue weighted by molar-refractivity contribution is -0.120. The number of hydrogen-bond acceptors (Lipinski definition) is 3. The molecule has 1 atom stereocenters. The second kappa shape index (κ2) is 10.2. The monoisotopic (exact) mass is 490 g/mol. The quantitative estimate of drug-likeness (QED) is 0.471. The summed E-state index contributed by atoms with van der Waals surface area (Å²) in [4.78, 5) is 13.3. The fourth-order valence-corrected chi connectivity index (χ4v) is 6.18. The van der Waals surface area contributed by atoms with Gasteiger partial charge in [0, 0.05) is 0 Å². The number of sulfonamides is 1. The standard InChI is InChI=1S/C29H34N2O3S/c1-20-9-13-28(14-10-20)35(33,34)31(27-16-21(2)15-22(3)17-27)19-29(32)30-23(4)25-12-11-24-7-5-6-8-26(24)18-25/h9-18,23H,5-8,19H2,1-4H3,(H,30,32)/t23-/m0/s1. The van der Waals surface area contributed by atoms with Crippen molar-refractivity contribution in [3.05, 3.63) is 94.0 Å². The predicted octanol–water partition coefficient (Wildman–Crippen LogP) is 5.56. The molecule has 0 heterocycles. The van der Waals surface area contributed by atoms with E-state index in [0.29, 0.717) is 5.69 Å². The Kier molecular flexibility index (Phi) is 7.31. The molecule has 5 nitrogen and oxygen atoms in total. The van der Waals surface area contributed by atoms with Crippen molar-refractivity contribution < 1.29 is 13.2 Å². The molecule has 0 spiro atoms. The van der Waals surface area contributed by atoms with Crippen LogP contribution in [0.1, 0.15) is 59.2 Å². The van der Waals surface area contributed by atoms with Crippen LogP contribution in [0.3, 0.4) is 0 Å². The van der Waals surface area contributed by atoms with Gasteiger partial charge in [-0.1, -0.05) is 42.0 Å². The summed E-state index contributed by atoms with van der Waals surface area (Å²) in [6, 6.07) is 18.5. The molecular formula is C29H34N2O3S. The number of benzene rings is 3. The van der Waals surface area contributed by atoms with Crippen LogP contribution in [0.25, 0.3) is 0 Å². The molecule has 1 aliphatic rings. The molecular weight excluding hydrogens is 456 g/mol. The highest BCUT2D eigenvalue weighted by atomic mass is 32.2. The minimum atomic E-state index is -3.94. The summed E-state index contributed by atoms with van der Waals surface area (Å²) in [5.41, 5.74) is 7.12. The number of fused-ring (bicyclic) bond motifs is 1. The van der Waals surface area contributed by atoms with Gasteiger partial charge < -0.3 is 5.32 Å². The van der Waals surface area contributed by atoms with E-state index in [0.717, 1.165) is 35.1 Å². The molecule has 0 fully saturated rings. The first kappa shape index (κ1) is 25.0. The Morgan fingerprint density at radius 3 is 2.14 bits per heavy atom. The smallest absolute Gasteiger partial charge is 0.264 e. The van der Waals surface area contributed by atoms with Gasteiger partial charge in [-0.25, -0.2) is 8.42 Å². The second-order valence-electron chi connectivity index (χ2n) is 9.70. The third-order valence-electron chi connectivity index (χ3n) is 6.64. The number of carbonyl (C=O) groups is 1.